The molecule has 5 heteroatoms. The molecule has 2 bridgehead atoms. The molecule has 1 aromatic carbocycles. The van der Waals surface area contributed by atoms with Gasteiger partial charge < -0.3 is 15.4 Å². The van der Waals surface area contributed by atoms with E-state index in [-0.39, 0.29) is 5.91 Å². The van der Waals surface area contributed by atoms with Crippen LogP contribution in [-0.4, -0.2) is 31.1 Å². The minimum absolute atomic E-state index is 0.0687. The van der Waals surface area contributed by atoms with Crippen molar-refractivity contribution in [3.8, 4) is 16.9 Å². The highest BCUT2D eigenvalue weighted by Crippen LogP contribution is 2.32. The van der Waals surface area contributed by atoms with Crippen LogP contribution in [0.15, 0.2) is 30.3 Å². The van der Waals surface area contributed by atoms with Gasteiger partial charge in [0, 0.05) is 23.0 Å². The summed E-state index contributed by atoms with van der Waals surface area (Å²) in [6, 6.07) is 11.5. The fourth-order valence-electron chi connectivity index (χ4n) is 4.08. The molecule has 1 aromatic heterocycles. The summed E-state index contributed by atoms with van der Waals surface area (Å²) in [6.07, 6.45) is 4.60. The molecule has 3 heterocycles. The number of aryl methyl sites for hydroxylation is 1. The number of benzene rings is 1. The summed E-state index contributed by atoms with van der Waals surface area (Å²) in [5.41, 5.74) is 2.25. The first-order valence-electron chi connectivity index (χ1n) is 8.94. The van der Waals surface area contributed by atoms with Gasteiger partial charge in [-0.05, 0) is 61.9 Å². The van der Waals surface area contributed by atoms with E-state index in [0.717, 1.165) is 34.6 Å². The van der Waals surface area contributed by atoms with E-state index in [4.69, 9.17) is 4.74 Å². The zero-order valence-corrected chi connectivity index (χ0v) is 15.5. The Morgan fingerprint density at radius 1 is 1.20 bits per heavy atom. The molecule has 2 atom stereocenters. The van der Waals surface area contributed by atoms with Gasteiger partial charge in [0.2, 0.25) is 0 Å². The summed E-state index contributed by atoms with van der Waals surface area (Å²) in [5.74, 6) is 0.911. The number of thiophene rings is 1. The Labute approximate surface area is 152 Å². The van der Waals surface area contributed by atoms with Gasteiger partial charge in [0.15, 0.2) is 0 Å². The first kappa shape index (κ1) is 16.6. The summed E-state index contributed by atoms with van der Waals surface area (Å²) in [7, 11) is 1.67. The van der Waals surface area contributed by atoms with Crippen LogP contribution in [0.2, 0.25) is 0 Å². The highest BCUT2D eigenvalue weighted by molar-refractivity contribution is 7.14. The van der Waals surface area contributed by atoms with Gasteiger partial charge in [-0.25, -0.2) is 0 Å². The molecule has 132 valence electrons. The first-order chi connectivity index (χ1) is 12.1. The summed E-state index contributed by atoms with van der Waals surface area (Å²) in [4.78, 5) is 14.7. The Hall–Kier alpha value is -1.85. The summed E-state index contributed by atoms with van der Waals surface area (Å²) in [5, 5.41) is 6.88. The van der Waals surface area contributed by atoms with Gasteiger partial charge in [0.25, 0.3) is 5.91 Å². The standard InChI is InChI=1S/C20H24N2O2S/c1-12-18(13-3-7-17(24-2)8-4-13)11-19(25-12)20(23)22-16-9-14-5-6-15(10-16)21-14/h3-4,7-8,11,14-16,21H,5-6,9-10H2,1-2H3,(H,22,23). The second kappa shape index (κ2) is 6.81. The number of ether oxygens (including phenoxy) is 1. The zero-order chi connectivity index (χ0) is 17.4. The van der Waals surface area contributed by atoms with Crippen molar-refractivity contribution in [3.05, 3.63) is 40.1 Å². The molecule has 2 fully saturated rings. The number of carbonyl (C=O) groups excluding carboxylic acids is 1. The highest BCUT2D eigenvalue weighted by Gasteiger charge is 2.34. The molecule has 0 saturated carbocycles. The van der Waals surface area contributed by atoms with Crippen molar-refractivity contribution >= 4 is 17.2 Å². The number of methoxy groups -OCH3 is 1. The summed E-state index contributed by atoms with van der Waals surface area (Å²) in [6.45, 7) is 2.08. The van der Waals surface area contributed by atoms with Crippen LogP contribution in [0, 0.1) is 6.92 Å². The zero-order valence-electron chi connectivity index (χ0n) is 14.7. The van der Waals surface area contributed by atoms with Crippen LogP contribution in [0.25, 0.3) is 11.1 Å². The topological polar surface area (TPSA) is 50.4 Å². The van der Waals surface area contributed by atoms with E-state index in [2.05, 4.69) is 17.6 Å². The molecule has 4 nitrogen and oxygen atoms in total. The maximum absolute atomic E-state index is 12.7. The minimum atomic E-state index is 0.0687. The third-order valence-electron chi connectivity index (χ3n) is 5.35. The SMILES string of the molecule is COc1ccc(-c2cc(C(=O)NC3CC4CCC(C3)N4)sc2C)cc1. The minimum Gasteiger partial charge on any atom is -0.497 e. The number of piperidine rings is 1. The molecular formula is C20H24N2O2S. The molecular weight excluding hydrogens is 332 g/mol. The van der Waals surface area contributed by atoms with Crippen LogP contribution in [0.4, 0.5) is 0 Å². The van der Waals surface area contributed by atoms with E-state index in [9.17, 15) is 4.79 Å². The molecule has 2 aliphatic heterocycles. The highest BCUT2D eigenvalue weighted by atomic mass is 32.1. The lowest BCUT2D eigenvalue weighted by Gasteiger charge is -2.29. The first-order valence-corrected chi connectivity index (χ1v) is 9.76. The van der Waals surface area contributed by atoms with Gasteiger partial charge in [0.05, 0.1) is 12.0 Å². The Balaban J connectivity index is 1.48. The lowest BCUT2D eigenvalue weighted by Crippen LogP contribution is -2.47. The smallest absolute Gasteiger partial charge is 0.261 e. The van der Waals surface area contributed by atoms with E-state index < -0.39 is 0 Å². The largest absolute Gasteiger partial charge is 0.497 e. The predicted octanol–water partition coefficient (Wildman–Crippen LogP) is 3.74. The average Bonchev–Trinajstić information content (AvgIpc) is 3.17. The quantitative estimate of drug-likeness (QED) is 0.877. The van der Waals surface area contributed by atoms with E-state index in [1.54, 1.807) is 18.4 Å². The van der Waals surface area contributed by atoms with E-state index >= 15 is 0 Å². The van der Waals surface area contributed by atoms with Gasteiger partial charge in [0.1, 0.15) is 5.75 Å². The van der Waals surface area contributed by atoms with Crippen molar-refractivity contribution in [3.63, 3.8) is 0 Å². The maximum Gasteiger partial charge on any atom is 0.261 e. The van der Waals surface area contributed by atoms with Crippen LogP contribution < -0.4 is 15.4 Å². The predicted molar refractivity (Wildman–Crippen MR) is 101 cm³/mol. The Morgan fingerprint density at radius 2 is 1.88 bits per heavy atom. The Morgan fingerprint density at radius 3 is 2.52 bits per heavy atom. The van der Waals surface area contributed by atoms with Gasteiger partial charge in [-0.2, -0.15) is 0 Å². The summed E-state index contributed by atoms with van der Waals surface area (Å²) >= 11 is 1.57. The van der Waals surface area contributed by atoms with Crippen molar-refractivity contribution in [2.45, 2.75) is 50.7 Å². The van der Waals surface area contributed by atoms with Gasteiger partial charge in [-0.3, -0.25) is 4.79 Å². The average molecular weight is 356 g/mol. The normalized spacial score (nSPS) is 25.0. The molecule has 0 radical (unpaired) electrons. The lowest BCUT2D eigenvalue weighted by molar-refractivity contribution is 0.0928. The number of hydrogen-bond acceptors (Lipinski definition) is 4. The van der Waals surface area contributed by atoms with Crippen LogP contribution in [0.1, 0.15) is 40.2 Å². The lowest BCUT2D eigenvalue weighted by atomic mass is 10.00. The summed E-state index contributed by atoms with van der Waals surface area (Å²) < 4.78 is 5.22. The monoisotopic (exact) mass is 356 g/mol. The van der Waals surface area contributed by atoms with Crippen LogP contribution >= 0.6 is 11.3 Å². The van der Waals surface area contributed by atoms with E-state index in [0.29, 0.717) is 18.1 Å². The molecule has 2 N–H and O–H groups in total. The third-order valence-corrected chi connectivity index (χ3v) is 6.40. The Kier molecular flexibility index (Phi) is 4.52. The second-order valence-electron chi connectivity index (χ2n) is 7.09. The second-order valence-corrected chi connectivity index (χ2v) is 8.34. The number of nitrogens with one attached hydrogen (secondary N) is 2. The number of hydrogen-bond donors (Lipinski definition) is 2. The van der Waals surface area contributed by atoms with E-state index in [1.165, 1.54) is 17.7 Å². The van der Waals surface area contributed by atoms with Crippen LogP contribution in [0.5, 0.6) is 5.75 Å². The molecule has 2 unspecified atom stereocenters. The maximum atomic E-state index is 12.7. The van der Waals surface area contributed by atoms with Gasteiger partial charge in [-0.1, -0.05) is 12.1 Å². The van der Waals surface area contributed by atoms with Crippen molar-refractivity contribution in [2.24, 2.45) is 0 Å². The molecule has 2 aliphatic rings. The number of fused-ring (bicyclic) bond motifs is 2. The van der Waals surface area contributed by atoms with Gasteiger partial charge in [-0.15, -0.1) is 11.3 Å². The van der Waals surface area contributed by atoms with Gasteiger partial charge >= 0.3 is 0 Å². The van der Waals surface area contributed by atoms with Crippen LogP contribution in [-0.2, 0) is 0 Å². The van der Waals surface area contributed by atoms with Crippen molar-refractivity contribution in [1.82, 2.24) is 10.6 Å². The molecule has 2 saturated heterocycles. The molecule has 25 heavy (non-hydrogen) atoms. The third kappa shape index (κ3) is 3.44. The number of carbonyl (C=O) groups is 1. The van der Waals surface area contributed by atoms with Crippen molar-refractivity contribution < 1.29 is 9.53 Å². The molecule has 4 rings (SSSR count). The van der Waals surface area contributed by atoms with Crippen LogP contribution in [0.3, 0.4) is 0 Å². The van der Waals surface area contributed by atoms with Crippen molar-refractivity contribution in [1.29, 1.82) is 0 Å². The van der Waals surface area contributed by atoms with E-state index in [1.807, 2.05) is 30.3 Å². The molecule has 2 aromatic rings. The molecule has 0 aliphatic carbocycles. The number of rotatable bonds is 4. The fourth-order valence-corrected chi connectivity index (χ4v) is 5.03. The fraction of sp³-hybridized carbons (Fsp3) is 0.450. The molecule has 0 spiro atoms. The Bertz CT molecular complexity index is 757. The van der Waals surface area contributed by atoms with Crippen molar-refractivity contribution in [2.75, 3.05) is 7.11 Å². The molecule has 1 amide bonds. The number of amides is 1.